The summed E-state index contributed by atoms with van der Waals surface area (Å²) in [4.78, 5) is 12.4. The van der Waals surface area contributed by atoms with E-state index in [1.54, 1.807) is 22.7 Å². The second-order valence-corrected chi connectivity index (χ2v) is 9.71. The fraction of sp³-hybridized carbons (Fsp3) is 0.391. The minimum absolute atomic E-state index is 0.755. The van der Waals surface area contributed by atoms with Crippen molar-refractivity contribution in [1.82, 2.24) is 14.9 Å². The SMILES string of the molecule is CC1CCCCN1C1COC1.c1cc(Nc2ccc3scnc3c2)c2ccsc2n1. The van der Waals surface area contributed by atoms with E-state index in [0.29, 0.717) is 0 Å². The molecule has 0 saturated carbocycles. The van der Waals surface area contributed by atoms with Gasteiger partial charge < -0.3 is 10.1 Å². The zero-order valence-electron chi connectivity index (χ0n) is 17.1. The molecule has 1 unspecified atom stereocenters. The first-order valence-corrected chi connectivity index (χ1v) is 12.3. The molecule has 7 heteroatoms. The summed E-state index contributed by atoms with van der Waals surface area (Å²) < 4.78 is 6.40. The smallest absolute Gasteiger partial charge is 0.125 e. The minimum Gasteiger partial charge on any atom is -0.378 e. The highest BCUT2D eigenvalue weighted by Crippen LogP contribution is 2.30. The average molecular weight is 439 g/mol. The predicted octanol–water partition coefficient (Wildman–Crippen LogP) is 5.91. The Balaban J connectivity index is 0.000000149. The maximum atomic E-state index is 5.19. The fourth-order valence-corrected chi connectivity index (χ4v) is 5.57. The van der Waals surface area contributed by atoms with Crippen molar-refractivity contribution in [2.24, 2.45) is 0 Å². The van der Waals surface area contributed by atoms with Crippen LogP contribution in [0, 0.1) is 0 Å². The van der Waals surface area contributed by atoms with E-state index in [-0.39, 0.29) is 0 Å². The van der Waals surface area contributed by atoms with Crippen LogP contribution in [0.1, 0.15) is 26.2 Å². The molecule has 156 valence electrons. The average Bonchev–Trinajstić information content (AvgIpc) is 3.38. The molecule has 0 radical (unpaired) electrons. The number of ether oxygens (including phenoxy) is 1. The van der Waals surface area contributed by atoms with Gasteiger partial charge in [0.05, 0.1) is 40.7 Å². The number of piperidine rings is 1. The van der Waals surface area contributed by atoms with E-state index in [0.717, 1.165) is 52.4 Å². The summed E-state index contributed by atoms with van der Waals surface area (Å²) in [7, 11) is 0. The Hall–Kier alpha value is -2.06. The molecule has 2 aliphatic rings. The van der Waals surface area contributed by atoms with Gasteiger partial charge in [-0.25, -0.2) is 9.97 Å². The zero-order valence-corrected chi connectivity index (χ0v) is 18.7. The van der Waals surface area contributed by atoms with E-state index in [2.05, 4.69) is 56.8 Å². The van der Waals surface area contributed by atoms with Gasteiger partial charge >= 0.3 is 0 Å². The molecule has 1 N–H and O–H groups in total. The molecule has 0 spiro atoms. The van der Waals surface area contributed by atoms with Gasteiger partial charge in [0.15, 0.2) is 0 Å². The molecule has 2 saturated heterocycles. The largest absolute Gasteiger partial charge is 0.378 e. The van der Waals surface area contributed by atoms with Crippen molar-refractivity contribution >= 4 is 54.5 Å². The van der Waals surface area contributed by atoms with Gasteiger partial charge in [0.1, 0.15) is 4.83 Å². The molecular formula is C23H26N4OS2. The molecule has 2 aliphatic heterocycles. The molecule has 2 fully saturated rings. The number of hydrogen-bond donors (Lipinski definition) is 1. The number of hydrogen-bond acceptors (Lipinski definition) is 7. The molecule has 6 rings (SSSR count). The maximum Gasteiger partial charge on any atom is 0.125 e. The fourth-order valence-electron chi connectivity index (χ4n) is 4.15. The number of thiophene rings is 1. The van der Waals surface area contributed by atoms with Gasteiger partial charge in [-0.15, -0.1) is 22.7 Å². The lowest BCUT2D eigenvalue weighted by Gasteiger charge is -2.43. The molecule has 1 atom stereocenters. The van der Waals surface area contributed by atoms with Gasteiger partial charge in [0.25, 0.3) is 0 Å². The number of nitrogens with zero attached hydrogens (tertiary/aromatic N) is 3. The third-order valence-electron chi connectivity index (χ3n) is 5.92. The van der Waals surface area contributed by atoms with Crippen molar-refractivity contribution in [2.45, 2.75) is 38.3 Å². The molecule has 4 aromatic rings. The normalized spacial score (nSPS) is 20.0. The predicted molar refractivity (Wildman–Crippen MR) is 127 cm³/mol. The topological polar surface area (TPSA) is 50.3 Å². The van der Waals surface area contributed by atoms with E-state index in [4.69, 9.17) is 4.74 Å². The summed E-state index contributed by atoms with van der Waals surface area (Å²) in [5, 5.41) is 6.67. The molecule has 0 bridgehead atoms. The Kier molecular flexibility index (Phi) is 5.95. The lowest BCUT2D eigenvalue weighted by Crippen LogP contribution is -2.54. The Morgan fingerprint density at radius 3 is 2.87 bits per heavy atom. The number of aromatic nitrogens is 2. The molecule has 0 amide bonds. The first kappa shape index (κ1) is 19.9. The maximum absolute atomic E-state index is 5.19. The van der Waals surface area contributed by atoms with Crippen LogP contribution >= 0.6 is 22.7 Å². The van der Waals surface area contributed by atoms with E-state index < -0.39 is 0 Å². The van der Waals surface area contributed by atoms with E-state index >= 15 is 0 Å². The highest BCUT2D eigenvalue weighted by molar-refractivity contribution is 7.17. The third-order valence-corrected chi connectivity index (χ3v) is 7.55. The number of nitrogens with one attached hydrogen (secondary N) is 1. The summed E-state index contributed by atoms with van der Waals surface area (Å²) in [5.41, 5.74) is 5.04. The monoisotopic (exact) mass is 438 g/mol. The van der Waals surface area contributed by atoms with Crippen molar-refractivity contribution < 1.29 is 4.74 Å². The third kappa shape index (κ3) is 4.21. The van der Waals surface area contributed by atoms with Crippen molar-refractivity contribution in [3.8, 4) is 0 Å². The van der Waals surface area contributed by atoms with Crippen molar-refractivity contribution in [2.75, 3.05) is 25.1 Å². The number of fused-ring (bicyclic) bond motifs is 2. The van der Waals surface area contributed by atoms with E-state index in [9.17, 15) is 0 Å². The number of thiazole rings is 1. The van der Waals surface area contributed by atoms with Crippen LogP contribution in [0.2, 0.25) is 0 Å². The highest BCUT2D eigenvalue weighted by Gasteiger charge is 2.30. The van der Waals surface area contributed by atoms with Gasteiger partial charge in [0.2, 0.25) is 0 Å². The summed E-state index contributed by atoms with van der Waals surface area (Å²) in [5.74, 6) is 0. The van der Waals surface area contributed by atoms with Crippen LogP contribution in [0.5, 0.6) is 0 Å². The van der Waals surface area contributed by atoms with Gasteiger partial charge in [0, 0.05) is 23.3 Å². The molecule has 5 heterocycles. The number of anilines is 2. The van der Waals surface area contributed by atoms with Crippen LogP contribution in [0.25, 0.3) is 20.4 Å². The first-order chi connectivity index (χ1) is 14.8. The van der Waals surface area contributed by atoms with E-state index in [1.807, 2.05) is 17.8 Å². The second kappa shape index (κ2) is 8.98. The van der Waals surface area contributed by atoms with Gasteiger partial charge in [-0.3, -0.25) is 4.90 Å². The molecule has 30 heavy (non-hydrogen) atoms. The second-order valence-electron chi connectivity index (χ2n) is 7.93. The lowest BCUT2D eigenvalue weighted by molar-refractivity contribution is -0.0843. The Morgan fingerprint density at radius 2 is 2.03 bits per heavy atom. The zero-order chi connectivity index (χ0) is 20.3. The first-order valence-electron chi connectivity index (χ1n) is 10.5. The van der Waals surface area contributed by atoms with Crippen LogP contribution in [0.15, 0.2) is 47.4 Å². The molecule has 1 aromatic carbocycles. The summed E-state index contributed by atoms with van der Waals surface area (Å²) in [6.07, 6.45) is 6.03. The van der Waals surface area contributed by atoms with Crippen LogP contribution < -0.4 is 5.32 Å². The van der Waals surface area contributed by atoms with Gasteiger partial charge in [-0.05, 0) is 62.0 Å². The van der Waals surface area contributed by atoms with Gasteiger partial charge in [-0.2, -0.15) is 0 Å². The van der Waals surface area contributed by atoms with Crippen molar-refractivity contribution in [3.05, 3.63) is 47.4 Å². The van der Waals surface area contributed by atoms with Crippen LogP contribution in [0.3, 0.4) is 0 Å². The van der Waals surface area contributed by atoms with E-state index in [1.165, 1.54) is 30.5 Å². The molecular weight excluding hydrogens is 412 g/mol. The number of pyridine rings is 1. The van der Waals surface area contributed by atoms with Crippen LogP contribution in [-0.2, 0) is 4.74 Å². The number of likely N-dealkylation sites (tertiary alicyclic amines) is 1. The molecule has 5 nitrogen and oxygen atoms in total. The number of benzene rings is 1. The molecule has 0 aliphatic carbocycles. The summed E-state index contributed by atoms with van der Waals surface area (Å²) in [6, 6.07) is 11.9. The lowest BCUT2D eigenvalue weighted by atomic mass is 10.0. The standard InChI is InChI=1S/C14H9N3S2.C9H17NO/c1-2-13-12(16-8-19-13)7-9(1)17-11-3-5-15-14-10(11)4-6-18-14;1-8-4-2-3-5-10(8)9-6-11-7-9/h1-8H,(H,15,17);8-9H,2-7H2,1H3. The van der Waals surface area contributed by atoms with Crippen LogP contribution in [0.4, 0.5) is 11.4 Å². The number of rotatable bonds is 3. The molecule has 3 aromatic heterocycles. The summed E-state index contributed by atoms with van der Waals surface area (Å²) >= 11 is 3.31. The Morgan fingerprint density at radius 1 is 1.10 bits per heavy atom. The van der Waals surface area contributed by atoms with Crippen molar-refractivity contribution in [3.63, 3.8) is 0 Å². The highest BCUT2D eigenvalue weighted by atomic mass is 32.1. The van der Waals surface area contributed by atoms with Crippen LogP contribution in [-0.4, -0.2) is 46.7 Å². The van der Waals surface area contributed by atoms with Gasteiger partial charge in [-0.1, -0.05) is 6.42 Å². The Labute approximate surface area is 184 Å². The quantitative estimate of drug-likeness (QED) is 0.431. The summed E-state index contributed by atoms with van der Waals surface area (Å²) in [6.45, 7) is 5.60. The Bertz CT molecular complexity index is 1120. The van der Waals surface area contributed by atoms with Crippen molar-refractivity contribution in [1.29, 1.82) is 0 Å². The minimum atomic E-state index is 0.755.